The maximum absolute atomic E-state index is 5.60. The standard InChI is InChI=1S/C12H13N3/c1-15-12(8-9-14-15)7-4-10-2-5-11(13)6-3-10/h2-9H,13H2,1H3/b7-4+. The van der Waals surface area contributed by atoms with E-state index >= 15 is 0 Å². The molecule has 2 N–H and O–H groups in total. The lowest BCUT2D eigenvalue weighted by Gasteiger charge is -1.96. The van der Waals surface area contributed by atoms with Crippen LogP contribution in [0.15, 0.2) is 36.5 Å². The molecule has 2 aromatic rings. The van der Waals surface area contributed by atoms with Crippen molar-refractivity contribution in [2.24, 2.45) is 7.05 Å². The fourth-order valence-corrected chi connectivity index (χ4v) is 1.34. The third-order valence-electron chi connectivity index (χ3n) is 2.24. The molecule has 1 heterocycles. The van der Waals surface area contributed by atoms with Crippen molar-refractivity contribution in [1.82, 2.24) is 9.78 Å². The minimum absolute atomic E-state index is 0.785. The molecule has 1 aromatic carbocycles. The molecule has 0 aliphatic rings. The zero-order valence-electron chi connectivity index (χ0n) is 8.59. The highest BCUT2D eigenvalue weighted by atomic mass is 15.2. The zero-order valence-corrected chi connectivity index (χ0v) is 8.59. The maximum atomic E-state index is 5.60. The van der Waals surface area contributed by atoms with Crippen LogP contribution in [0.4, 0.5) is 5.69 Å². The zero-order chi connectivity index (χ0) is 10.7. The van der Waals surface area contributed by atoms with Crippen molar-refractivity contribution in [3.8, 4) is 0 Å². The van der Waals surface area contributed by atoms with Crippen molar-refractivity contribution < 1.29 is 0 Å². The molecule has 0 bridgehead atoms. The fourth-order valence-electron chi connectivity index (χ4n) is 1.34. The molecule has 0 spiro atoms. The number of rotatable bonds is 2. The number of nitrogens with zero attached hydrogens (tertiary/aromatic N) is 2. The van der Waals surface area contributed by atoms with Crippen molar-refractivity contribution in [3.05, 3.63) is 47.8 Å². The Labute approximate surface area is 88.8 Å². The Balaban J connectivity index is 2.19. The van der Waals surface area contributed by atoms with Gasteiger partial charge in [0.1, 0.15) is 0 Å². The summed E-state index contributed by atoms with van der Waals surface area (Å²) in [6.45, 7) is 0. The molecule has 0 atom stereocenters. The molecule has 0 saturated heterocycles. The maximum Gasteiger partial charge on any atom is 0.0606 e. The smallest absolute Gasteiger partial charge is 0.0606 e. The minimum atomic E-state index is 0.785. The minimum Gasteiger partial charge on any atom is -0.399 e. The van der Waals surface area contributed by atoms with Gasteiger partial charge in [0, 0.05) is 18.9 Å². The van der Waals surface area contributed by atoms with Gasteiger partial charge in [-0.25, -0.2) is 0 Å². The van der Waals surface area contributed by atoms with E-state index in [0.29, 0.717) is 0 Å². The van der Waals surface area contributed by atoms with E-state index in [-0.39, 0.29) is 0 Å². The summed E-state index contributed by atoms with van der Waals surface area (Å²) < 4.78 is 1.83. The fraction of sp³-hybridized carbons (Fsp3) is 0.0833. The predicted octanol–water partition coefficient (Wildman–Crippen LogP) is 2.17. The topological polar surface area (TPSA) is 43.8 Å². The van der Waals surface area contributed by atoms with Crippen LogP contribution in [0.1, 0.15) is 11.3 Å². The van der Waals surface area contributed by atoms with E-state index in [1.807, 2.05) is 54.2 Å². The van der Waals surface area contributed by atoms with Crippen LogP contribution in [0.25, 0.3) is 12.2 Å². The lowest BCUT2D eigenvalue weighted by molar-refractivity contribution is 0.760. The van der Waals surface area contributed by atoms with Crippen LogP contribution in [0.5, 0.6) is 0 Å². The Bertz CT molecular complexity index is 466. The molecule has 0 aliphatic heterocycles. The summed E-state index contributed by atoms with van der Waals surface area (Å²) in [6.07, 6.45) is 5.84. The Hall–Kier alpha value is -2.03. The molecule has 0 radical (unpaired) electrons. The Kier molecular flexibility index (Phi) is 2.54. The molecule has 2 rings (SSSR count). The average molecular weight is 199 g/mol. The summed E-state index contributed by atoms with van der Waals surface area (Å²) in [6, 6.07) is 9.73. The monoisotopic (exact) mass is 199 g/mol. The number of aromatic nitrogens is 2. The first kappa shape index (κ1) is 9.52. The van der Waals surface area contributed by atoms with E-state index in [1.165, 1.54) is 0 Å². The quantitative estimate of drug-likeness (QED) is 0.753. The van der Waals surface area contributed by atoms with Crippen molar-refractivity contribution in [3.63, 3.8) is 0 Å². The van der Waals surface area contributed by atoms with Gasteiger partial charge in [-0.1, -0.05) is 18.2 Å². The highest BCUT2D eigenvalue weighted by molar-refractivity contribution is 5.68. The van der Waals surface area contributed by atoms with Gasteiger partial charge in [0.25, 0.3) is 0 Å². The summed E-state index contributed by atoms with van der Waals surface area (Å²) in [5.74, 6) is 0. The first-order valence-corrected chi connectivity index (χ1v) is 4.77. The second-order valence-corrected chi connectivity index (χ2v) is 3.38. The number of anilines is 1. The number of nitrogens with two attached hydrogens (primary N) is 1. The molecule has 0 aliphatic carbocycles. The molecule has 76 valence electrons. The third kappa shape index (κ3) is 2.26. The van der Waals surface area contributed by atoms with E-state index in [9.17, 15) is 0 Å². The van der Waals surface area contributed by atoms with Crippen LogP contribution in [0.3, 0.4) is 0 Å². The average Bonchev–Trinajstić information content (AvgIpc) is 2.63. The largest absolute Gasteiger partial charge is 0.399 e. The van der Waals surface area contributed by atoms with Gasteiger partial charge in [0.05, 0.1) is 5.69 Å². The summed E-state index contributed by atoms with van der Waals surface area (Å²) in [7, 11) is 1.92. The molecular formula is C12H13N3. The molecular weight excluding hydrogens is 186 g/mol. The number of hydrogen-bond acceptors (Lipinski definition) is 2. The van der Waals surface area contributed by atoms with Crippen LogP contribution in [-0.4, -0.2) is 9.78 Å². The summed E-state index contributed by atoms with van der Waals surface area (Å²) >= 11 is 0. The van der Waals surface area contributed by atoms with Crippen LogP contribution in [0, 0.1) is 0 Å². The lowest BCUT2D eigenvalue weighted by atomic mass is 10.2. The van der Waals surface area contributed by atoms with Crippen LogP contribution >= 0.6 is 0 Å². The summed E-state index contributed by atoms with van der Waals surface area (Å²) in [5.41, 5.74) is 8.59. The van der Waals surface area contributed by atoms with Crippen LogP contribution < -0.4 is 5.73 Å². The second kappa shape index (κ2) is 4.00. The summed E-state index contributed by atoms with van der Waals surface area (Å²) in [5, 5.41) is 4.09. The van der Waals surface area contributed by atoms with Gasteiger partial charge in [-0.3, -0.25) is 4.68 Å². The first-order chi connectivity index (χ1) is 7.25. The van der Waals surface area contributed by atoms with E-state index in [2.05, 4.69) is 5.10 Å². The molecule has 0 amide bonds. The third-order valence-corrected chi connectivity index (χ3v) is 2.24. The van der Waals surface area contributed by atoms with Gasteiger partial charge in [-0.05, 0) is 29.8 Å². The van der Waals surface area contributed by atoms with Crippen molar-refractivity contribution >= 4 is 17.8 Å². The van der Waals surface area contributed by atoms with Crippen molar-refractivity contribution in [2.45, 2.75) is 0 Å². The molecule has 3 nitrogen and oxygen atoms in total. The number of benzene rings is 1. The first-order valence-electron chi connectivity index (χ1n) is 4.77. The van der Waals surface area contributed by atoms with E-state index in [0.717, 1.165) is 16.9 Å². The van der Waals surface area contributed by atoms with Crippen molar-refractivity contribution in [1.29, 1.82) is 0 Å². The van der Waals surface area contributed by atoms with Gasteiger partial charge in [-0.2, -0.15) is 5.10 Å². The van der Waals surface area contributed by atoms with Crippen molar-refractivity contribution in [2.75, 3.05) is 5.73 Å². The van der Waals surface area contributed by atoms with Gasteiger partial charge in [0.2, 0.25) is 0 Å². The normalized spacial score (nSPS) is 11.0. The number of nitrogen functional groups attached to an aromatic ring is 1. The van der Waals surface area contributed by atoms with Crippen LogP contribution in [-0.2, 0) is 7.05 Å². The molecule has 0 fully saturated rings. The molecule has 15 heavy (non-hydrogen) atoms. The van der Waals surface area contributed by atoms with E-state index in [1.54, 1.807) is 6.20 Å². The Morgan fingerprint density at radius 2 is 1.87 bits per heavy atom. The number of aryl methyl sites for hydroxylation is 1. The van der Waals surface area contributed by atoms with Gasteiger partial charge < -0.3 is 5.73 Å². The highest BCUT2D eigenvalue weighted by Gasteiger charge is 1.92. The molecule has 0 saturated carbocycles. The Morgan fingerprint density at radius 1 is 1.13 bits per heavy atom. The van der Waals surface area contributed by atoms with E-state index < -0.39 is 0 Å². The lowest BCUT2D eigenvalue weighted by Crippen LogP contribution is -1.91. The van der Waals surface area contributed by atoms with Gasteiger partial charge in [-0.15, -0.1) is 0 Å². The number of hydrogen-bond donors (Lipinski definition) is 1. The second-order valence-electron chi connectivity index (χ2n) is 3.38. The Morgan fingerprint density at radius 3 is 2.47 bits per heavy atom. The molecule has 0 unspecified atom stereocenters. The highest BCUT2D eigenvalue weighted by Crippen LogP contribution is 2.09. The van der Waals surface area contributed by atoms with Crippen LogP contribution in [0.2, 0.25) is 0 Å². The van der Waals surface area contributed by atoms with E-state index in [4.69, 9.17) is 5.73 Å². The molecule has 1 aromatic heterocycles. The predicted molar refractivity (Wildman–Crippen MR) is 63.0 cm³/mol. The molecule has 3 heteroatoms. The van der Waals surface area contributed by atoms with Gasteiger partial charge >= 0.3 is 0 Å². The SMILES string of the molecule is Cn1nccc1/C=C/c1ccc(N)cc1. The summed E-state index contributed by atoms with van der Waals surface area (Å²) in [4.78, 5) is 0. The van der Waals surface area contributed by atoms with Gasteiger partial charge in [0.15, 0.2) is 0 Å².